The number of rotatable bonds is 3. The molecule has 7 heteroatoms. The molecule has 2 aliphatic rings. The SMILES string of the molecule is O=C(O)N1CCC(N2CCCN(CCO)C2=O)CC1. The van der Waals surface area contributed by atoms with Gasteiger partial charge in [0.25, 0.3) is 0 Å². The maximum Gasteiger partial charge on any atom is 0.407 e. The number of urea groups is 1. The molecule has 2 saturated heterocycles. The van der Waals surface area contributed by atoms with Crippen molar-refractivity contribution in [2.45, 2.75) is 25.3 Å². The molecule has 0 bridgehead atoms. The number of hydrogen-bond acceptors (Lipinski definition) is 3. The zero-order chi connectivity index (χ0) is 13.8. The minimum absolute atomic E-state index is 0.0168. The standard InChI is InChI=1S/C12H21N3O4/c16-9-8-13-4-1-5-15(11(13)17)10-2-6-14(7-3-10)12(18)19/h10,16H,1-9H2,(H,18,19). The number of likely N-dealkylation sites (tertiary alicyclic amines) is 1. The lowest BCUT2D eigenvalue weighted by molar-refractivity contribution is 0.0712. The Morgan fingerprint density at radius 2 is 1.89 bits per heavy atom. The van der Waals surface area contributed by atoms with Crippen LogP contribution in [0.15, 0.2) is 0 Å². The van der Waals surface area contributed by atoms with Gasteiger partial charge < -0.3 is 24.9 Å². The Kier molecular flexibility index (Phi) is 4.47. The molecule has 108 valence electrons. The van der Waals surface area contributed by atoms with Crippen LogP contribution >= 0.6 is 0 Å². The first kappa shape index (κ1) is 13.9. The van der Waals surface area contributed by atoms with Crippen molar-refractivity contribution in [2.24, 2.45) is 0 Å². The summed E-state index contributed by atoms with van der Waals surface area (Å²) in [5.41, 5.74) is 0. The van der Waals surface area contributed by atoms with Crippen LogP contribution in [0.1, 0.15) is 19.3 Å². The van der Waals surface area contributed by atoms with Gasteiger partial charge >= 0.3 is 12.1 Å². The normalized spacial score (nSPS) is 21.9. The van der Waals surface area contributed by atoms with Gasteiger partial charge in [0.2, 0.25) is 0 Å². The van der Waals surface area contributed by atoms with Crippen LogP contribution in [0, 0.1) is 0 Å². The Morgan fingerprint density at radius 3 is 2.47 bits per heavy atom. The summed E-state index contributed by atoms with van der Waals surface area (Å²) in [6, 6.07) is 0.110. The predicted octanol–water partition coefficient (Wildman–Crippen LogP) is 0.249. The highest BCUT2D eigenvalue weighted by Crippen LogP contribution is 2.21. The number of nitrogens with zero attached hydrogens (tertiary/aromatic N) is 3. The fraction of sp³-hybridized carbons (Fsp3) is 0.833. The molecule has 3 amide bonds. The van der Waals surface area contributed by atoms with Crippen molar-refractivity contribution in [1.29, 1.82) is 0 Å². The molecule has 0 aromatic rings. The van der Waals surface area contributed by atoms with E-state index in [1.54, 1.807) is 4.90 Å². The molecule has 0 aromatic heterocycles. The number of β-amino-alcohol motifs (C(OH)–C–C–N with tert-alkyl or cyclic N) is 1. The molecule has 2 fully saturated rings. The summed E-state index contributed by atoms with van der Waals surface area (Å²) in [5, 5.41) is 17.9. The van der Waals surface area contributed by atoms with Gasteiger partial charge in [0.05, 0.1) is 6.61 Å². The Bertz CT molecular complexity index is 340. The predicted molar refractivity (Wildman–Crippen MR) is 68.0 cm³/mol. The molecule has 0 spiro atoms. The lowest BCUT2D eigenvalue weighted by Gasteiger charge is -2.42. The summed E-state index contributed by atoms with van der Waals surface area (Å²) in [6.07, 6.45) is 1.42. The molecule has 2 rings (SSSR count). The van der Waals surface area contributed by atoms with E-state index in [0.29, 0.717) is 39.0 Å². The van der Waals surface area contributed by atoms with Crippen LogP contribution < -0.4 is 0 Å². The van der Waals surface area contributed by atoms with Crippen LogP contribution in [0.3, 0.4) is 0 Å². The van der Waals surface area contributed by atoms with Gasteiger partial charge in [0, 0.05) is 38.8 Å². The van der Waals surface area contributed by atoms with E-state index in [2.05, 4.69) is 0 Å². The topological polar surface area (TPSA) is 84.3 Å². The third kappa shape index (κ3) is 3.09. The average molecular weight is 271 g/mol. The molecule has 2 aliphatic heterocycles. The third-order valence-corrected chi connectivity index (χ3v) is 3.89. The van der Waals surface area contributed by atoms with Gasteiger partial charge in [-0.3, -0.25) is 0 Å². The van der Waals surface area contributed by atoms with E-state index in [0.717, 1.165) is 13.0 Å². The lowest BCUT2D eigenvalue weighted by Crippen LogP contribution is -2.56. The van der Waals surface area contributed by atoms with E-state index in [-0.39, 0.29) is 18.7 Å². The van der Waals surface area contributed by atoms with Crippen LogP contribution in [0.25, 0.3) is 0 Å². The zero-order valence-electron chi connectivity index (χ0n) is 11.0. The number of piperidine rings is 1. The first-order valence-corrected chi connectivity index (χ1v) is 6.77. The summed E-state index contributed by atoms with van der Waals surface area (Å²) in [7, 11) is 0. The molecule has 0 aliphatic carbocycles. The van der Waals surface area contributed by atoms with Crippen molar-refractivity contribution in [3.05, 3.63) is 0 Å². The number of carbonyl (C=O) groups excluding carboxylic acids is 1. The molecule has 0 atom stereocenters. The lowest BCUT2D eigenvalue weighted by atomic mass is 10.0. The Labute approximate surface area is 112 Å². The molecule has 0 radical (unpaired) electrons. The minimum Gasteiger partial charge on any atom is -0.465 e. The summed E-state index contributed by atoms with van der Waals surface area (Å²) in [5.74, 6) is 0. The van der Waals surface area contributed by atoms with Crippen LogP contribution in [0.5, 0.6) is 0 Å². The molecule has 0 saturated carbocycles. The second-order valence-electron chi connectivity index (χ2n) is 5.04. The fourth-order valence-electron chi connectivity index (χ4n) is 2.84. The minimum atomic E-state index is -0.884. The molecule has 0 unspecified atom stereocenters. The van der Waals surface area contributed by atoms with Crippen LogP contribution in [-0.4, -0.2) is 82.4 Å². The number of amides is 3. The van der Waals surface area contributed by atoms with Gasteiger partial charge in [0.1, 0.15) is 0 Å². The molecule has 7 nitrogen and oxygen atoms in total. The van der Waals surface area contributed by atoms with Crippen molar-refractivity contribution in [3.8, 4) is 0 Å². The van der Waals surface area contributed by atoms with Crippen molar-refractivity contribution in [1.82, 2.24) is 14.7 Å². The average Bonchev–Trinajstić information content (AvgIpc) is 2.41. The molecule has 0 aromatic carbocycles. The van der Waals surface area contributed by atoms with E-state index >= 15 is 0 Å². The third-order valence-electron chi connectivity index (χ3n) is 3.89. The molecule has 2 N–H and O–H groups in total. The van der Waals surface area contributed by atoms with Crippen molar-refractivity contribution < 1.29 is 19.8 Å². The number of carboxylic acid groups (broad SMARTS) is 1. The van der Waals surface area contributed by atoms with E-state index in [1.807, 2.05) is 4.90 Å². The smallest absolute Gasteiger partial charge is 0.407 e. The van der Waals surface area contributed by atoms with Gasteiger partial charge in [-0.25, -0.2) is 9.59 Å². The first-order valence-electron chi connectivity index (χ1n) is 6.77. The van der Waals surface area contributed by atoms with Gasteiger partial charge in [-0.2, -0.15) is 0 Å². The maximum absolute atomic E-state index is 12.2. The van der Waals surface area contributed by atoms with Gasteiger partial charge in [-0.1, -0.05) is 0 Å². The number of aliphatic hydroxyl groups is 1. The summed E-state index contributed by atoms with van der Waals surface area (Å²) < 4.78 is 0. The molecule has 19 heavy (non-hydrogen) atoms. The van der Waals surface area contributed by atoms with E-state index in [9.17, 15) is 9.59 Å². The van der Waals surface area contributed by atoms with E-state index in [4.69, 9.17) is 10.2 Å². The van der Waals surface area contributed by atoms with Gasteiger partial charge in [-0.05, 0) is 19.3 Å². The Hall–Kier alpha value is -1.50. The van der Waals surface area contributed by atoms with Crippen LogP contribution in [0.2, 0.25) is 0 Å². The number of aliphatic hydroxyl groups excluding tert-OH is 1. The van der Waals surface area contributed by atoms with Crippen molar-refractivity contribution in [2.75, 3.05) is 39.3 Å². The monoisotopic (exact) mass is 271 g/mol. The van der Waals surface area contributed by atoms with Crippen LogP contribution in [-0.2, 0) is 0 Å². The molecular weight excluding hydrogens is 250 g/mol. The van der Waals surface area contributed by atoms with Crippen molar-refractivity contribution >= 4 is 12.1 Å². The fourth-order valence-corrected chi connectivity index (χ4v) is 2.84. The maximum atomic E-state index is 12.2. The summed E-state index contributed by atoms with van der Waals surface area (Å²) >= 11 is 0. The summed E-state index contributed by atoms with van der Waals surface area (Å²) in [4.78, 5) is 28.0. The molecular formula is C12H21N3O4. The number of carbonyl (C=O) groups is 2. The quantitative estimate of drug-likeness (QED) is 0.770. The Balaban J connectivity index is 1.91. The highest BCUT2D eigenvalue weighted by atomic mass is 16.4. The number of hydrogen-bond donors (Lipinski definition) is 2. The zero-order valence-corrected chi connectivity index (χ0v) is 11.0. The second kappa shape index (κ2) is 6.10. The van der Waals surface area contributed by atoms with E-state index < -0.39 is 6.09 Å². The van der Waals surface area contributed by atoms with E-state index in [1.165, 1.54) is 4.90 Å². The second-order valence-corrected chi connectivity index (χ2v) is 5.04. The van der Waals surface area contributed by atoms with Gasteiger partial charge in [0.15, 0.2) is 0 Å². The largest absolute Gasteiger partial charge is 0.465 e. The van der Waals surface area contributed by atoms with Gasteiger partial charge in [-0.15, -0.1) is 0 Å². The Morgan fingerprint density at radius 1 is 1.21 bits per heavy atom. The highest BCUT2D eigenvalue weighted by molar-refractivity contribution is 5.75. The van der Waals surface area contributed by atoms with Crippen LogP contribution in [0.4, 0.5) is 9.59 Å². The molecule has 2 heterocycles. The first-order chi connectivity index (χ1) is 9.13. The van der Waals surface area contributed by atoms with Crippen molar-refractivity contribution in [3.63, 3.8) is 0 Å². The highest BCUT2D eigenvalue weighted by Gasteiger charge is 2.33. The summed E-state index contributed by atoms with van der Waals surface area (Å²) in [6.45, 7) is 2.77.